The Labute approximate surface area is 198 Å². The van der Waals surface area contributed by atoms with Gasteiger partial charge in [0.05, 0.1) is 0 Å². The second-order valence-electron chi connectivity index (χ2n) is 7.49. The molecule has 0 amide bonds. The van der Waals surface area contributed by atoms with E-state index in [1.165, 1.54) is 0 Å². The summed E-state index contributed by atoms with van der Waals surface area (Å²) < 4.78 is 5.98. The van der Waals surface area contributed by atoms with Crippen LogP contribution in [0.5, 0.6) is 0 Å². The van der Waals surface area contributed by atoms with Gasteiger partial charge in [0.25, 0.3) is 0 Å². The molecule has 0 atom stereocenters. The lowest BCUT2D eigenvalue weighted by atomic mass is 10.2. The number of halogens is 1. The number of benzene rings is 4. The van der Waals surface area contributed by atoms with Crippen molar-refractivity contribution in [3.05, 3.63) is 137 Å². The Morgan fingerprint density at radius 1 is 0.636 bits per heavy atom. The number of cyclic esters (lactones) is 1. The van der Waals surface area contributed by atoms with Crippen molar-refractivity contribution in [2.75, 3.05) is 0 Å². The molecule has 0 fully saturated rings. The Morgan fingerprint density at radius 2 is 1.03 bits per heavy atom. The van der Waals surface area contributed by atoms with E-state index in [2.05, 4.69) is 41.4 Å². The van der Waals surface area contributed by atoms with E-state index in [9.17, 15) is 4.79 Å². The van der Waals surface area contributed by atoms with Gasteiger partial charge in [0.1, 0.15) is 15.9 Å². The number of hydrogen-bond acceptors (Lipinski definition) is 3. The molecule has 0 spiro atoms. The number of hydrogen-bond donors (Lipinski definition) is 0. The molecule has 33 heavy (non-hydrogen) atoms. The van der Waals surface area contributed by atoms with Gasteiger partial charge >= 0.3 is 5.97 Å². The summed E-state index contributed by atoms with van der Waals surface area (Å²) in [6.45, 7) is 0. The average molecular weight is 469 g/mol. The highest BCUT2D eigenvalue weighted by Gasteiger charge is 2.52. The van der Waals surface area contributed by atoms with Crippen LogP contribution in [0.1, 0.15) is 5.56 Å². The van der Waals surface area contributed by atoms with Gasteiger partial charge in [-0.25, -0.2) is 9.79 Å². The van der Waals surface area contributed by atoms with Crippen LogP contribution in [0.4, 0.5) is 0 Å². The number of esters is 1. The minimum absolute atomic E-state index is 0.153. The van der Waals surface area contributed by atoms with Gasteiger partial charge in [-0.2, -0.15) is 0 Å². The van der Waals surface area contributed by atoms with Crippen molar-refractivity contribution in [2.45, 2.75) is 0 Å². The molecule has 0 unspecified atom stereocenters. The molecule has 0 saturated carbocycles. The summed E-state index contributed by atoms with van der Waals surface area (Å²) in [6, 6.07) is 39.7. The standard InChI is InChI=1S/C28H20ClNO2P/c29-26(25-28(31)32-27(30-25)21-13-5-1-6-14-21)33(22-15-7-2-8-16-22,23-17-9-3-10-18-23)24-19-11-4-12-20-24/h1-20H/q+1/b26-25+. The van der Waals surface area contributed by atoms with E-state index in [1.807, 2.05) is 84.9 Å². The molecule has 4 aromatic rings. The zero-order valence-electron chi connectivity index (χ0n) is 17.6. The fourth-order valence-corrected chi connectivity index (χ4v) is 8.93. The molecule has 0 aliphatic carbocycles. The molecule has 0 aromatic heterocycles. The van der Waals surface area contributed by atoms with Gasteiger partial charge in [-0.3, -0.25) is 0 Å². The minimum atomic E-state index is -2.61. The fourth-order valence-electron chi connectivity index (χ4n) is 4.04. The van der Waals surface area contributed by atoms with Crippen molar-refractivity contribution in [1.29, 1.82) is 0 Å². The summed E-state index contributed by atoms with van der Waals surface area (Å²) in [5.74, 6) is -0.271. The van der Waals surface area contributed by atoms with Crippen LogP contribution in [0.2, 0.25) is 0 Å². The van der Waals surface area contributed by atoms with Crippen molar-refractivity contribution in [3.63, 3.8) is 0 Å². The number of carbonyl (C=O) groups is 1. The third-order valence-electron chi connectivity index (χ3n) is 5.54. The van der Waals surface area contributed by atoms with Crippen molar-refractivity contribution in [1.82, 2.24) is 0 Å². The second-order valence-corrected chi connectivity index (χ2v) is 11.5. The molecule has 3 nitrogen and oxygen atoms in total. The molecule has 0 bridgehead atoms. The van der Waals surface area contributed by atoms with Crippen LogP contribution in [0.15, 0.2) is 137 Å². The molecule has 5 rings (SSSR count). The number of ether oxygens (including phenoxy) is 1. The summed E-state index contributed by atoms with van der Waals surface area (Å²) in [5, 5.41) is 3.11. The molecule has 1 aliphatic heterocycles. The lowest BCUT2D eigenvalue weighted by molar-refractivity contribution is -0.130. The maximum Gasteiger partial charge on any atom is 0.369 e. The van der Waals surface area contributed by atoms with Gasteiger partial charge in [-0.15, -0.1) is 0 Å². The second kappa shape index (κ2) is 9.15. The maximum absolute atomic E-state index is 13.1. The minimum Gasteiger partial charge on any atom is -0.402 e. The Hall–Kier alpha value is -3.52. The first-order valence-electron chi connectivity index (χ1n) is 10.5. The molecular formula is C28H20ClNO2P+. The Morgan fingerprint density at radius 3 is 1.45 bits per heavy atom. The van der Waals surface area contributed by atoms with Crippen molar-refractivity contribution >= 4 is 46.6 Å². The van der Waals surface area contributed by atoms with Crippen LogP contribution in [0, 0.1) is 0 Å². The van der Waals surface area contributed by atoms with E-state index >= 15 is 0 Å². The van der Waals surface area contributed by atoms with Gasteiger partial charge in [0.2, 0.25) is 16.4 Å². The predicted molar refractivity (Wildman–Crippen MR) is 137 cm³/mol. The maximum atomic E-state index is 13.1. The SMILES string of the molecule is O=C1OC(c2ccccc2)=N/C1=C(\Cl)[P+](c1ccccc1)(c1ccccc1)c1ccccc1. The lowest BCUT2D eigenvalue weighted by Gasteiger charge is -2.26. The highest BCUT2D eigenvalue weighted by Crippen LogP contribution is 2.65. The summed E-state index contributed by atoms with van der Waals surface area (Å²) in [7, 11) is -2.61. The molecule has 4 aromatic carbocycles. The average Bonchev–Trinajstić information content (AvgIpc) is 3.28. The molecular weight excluding hydrogens is 449 g/mol. The molecule has 0 saturated heterocycles. The predicted octanol–water partition coefficient (Wildman–Crippen LogP) is 5.39. The van der Waals surface area contributed by atoms with E-state index in [4.69, 9.17) is 16.3 Å². The van der Waals surface area contributed by atoms with Crippen molar-refractivity contribution < 1.29 is 9.53 Å². The number of carbonyl (C=O) groups excluding carboxylic acids is 1. The number of aliphatic imine (C=N–C) groups is 1. The van der Waals surface area contributed by atoms with Gasteiger partial charge in [0, 0.05) is 5.56 Å². The third-order valence-corrected chi connectivity index (χ3v) is 10.5. The van der Waals surface area contributed by atoms with Crippen LogP contribution in [0.3, 0.4) is 0 Å². The van der Waals surface area contributed by atoms with E-state index in [0.717, 1.165) is 21.5 Å². The molecule has 5 heteroatoms. The Bertz CT molecular complexity index is 1240. The van der Waals surface area contributed by atoms with Gasteiger partial charge < -0.3 is 4.74 Å². The molecule has 160 valence electrons. The van der Waals surface area contributed by atoms with Crippen molar-refractivity contribution in [2.24, 2.45) is 4.99 Å². The fraction of sp³-hybridized carbons (Fsp3) is 0. The summed E-state index contributed by atoms with van der Waals surface area (Å²) in [5.41, 5.74) is 0.883. The zero-order valence-corrected chi connectivity index (χ0v) is 19.3. The van der Waals surface area contributed by atoms with E-state index in [0.29, 0.717) is 4.77 Å². The Kier molecular flexibility index (Phi) is 5.92. The highest BCUT2D eigenvalue weighted by atomic mass is 35.5. The topological polar surface area (TPSA) is 38.7 Å². The first-order chi connectivity index (χ1) is 16.2. The summed E-state index contributed by atoms with van der Waals surface area (Å²) >= 11 is 7.28. The number of nitrogens with zero attached hydrogens (tertiary/aromatic N) is 1. The van der Waals surface area contributed by atoms with Crippen LogP contribution < -0.4 is 15.9 Å². The highest BCUT2D eigenvalue weighted by molar-refractivity contribution is 8.00. The van der Waals surface area contributed by atoms with E-state index in [1.54, 1.807) is 0 Å². The summed E-state index contributed by atoms with van der Waals surface area (Å²) in [6.07, 6.45) is 0. The molecule has 0 radical (unpaired) electrons. The summed E-state index contributed by atoms with van der Waals surface area (Å²) in [4.78, 5) is 17.7. The monoisotopic (exact) mass is 468 g/mol. The zero-order chi connectivity index (χ0) is 22.7. The van der Waals surface area contributed by atoms with E-state index in [-0.39, 0.29) is 11.6 Å². The number of rotatable bonds is 5. The molecule has 1 heterocycles. The third kappa shape index (κ3) is 3.80. The normalized spacial score (nSPS) is 15.1. The largest absolute Gasteiger partial charge is 0.402 e. The Balaban J connectivity index is 1.83. The first kappa shape index (κ1) is 21.3. The quantitative estimate of drug-likeness (QED) is 0.224. The first-order valence-corrected chi connectivity index (χ1v) is 12.7. The van der Waals surface area contributed by atoms with Crippen molar-refractivity contribution in [3.8, 4) is 0 Å². The lowest BCUT2D eigenvalue weighted by Crippen LogP contribution is -2.32. The van der Waals surface area contributed by atoms with Gasteiger partial charge in [-0.05, 0) is 60.1 Å². The molecule has 1 aliphatic rings. The van der Waals surface area contributed by atoms with Gasteiger partial charge in [0.15, 0.2) is 7.26 Å². The van der Waals surface area contributed by atoms with Crippen LogP contribution in [-0.4, -0.2) is 11.9 Å². The van der Waals surface area contributed by atoms with Crippen LogP contribution in [-0.2, 0) is 9.53 Å². The van der Waals surface area contributed by atoms with E-state index < -0.39 is 13.2 Å². The van der Waals surface area contributed by atoms with Crippen LogP contribution >= 0.6 is 18.9 Å². The molecule has 0 N–H and O–H groups in total. The van der Waals surface area contributed by atoms with Crippen LogP contribution in [0.25, 0.3) is 0 Å². The smallest absolute Gasteiger partial charge is 0.369 e. The van der Waals surface area contributed by atoms with Gasteiger partial charge in [-0.1, -0.05) is 72.8 Å².